The fraction of sp³-hybridized carbons (Fsp3) is 0.292. The number of rotatable bonds is 8. The van der Waals surface area contributed by atoms with Crippen LogP contribution >= 0.6 is 0 Å². The molecule has 0 amide bonds. The fourth-order valence-electron chi connectivity index (χ4n) is 4.11. The lowest BCUT2D eigenvalue weighted by Crippen LogP contribution is -2.23. The van der Waals surface area contributed by atoms with Gasteiger partial charge in [-0.2, -0.15) is 5.10 Å². The molecule has 1 N–H and O–H groups in total. The number of halogens is 1. The van der Waals surface area contributed by atoms with Crippen LogP contribution in [0.1, 0.15) is 23.5 Å². The highest BCUT2D eigenvalue weighted by Gasteiger charge is 2.23. The molecule has 0 fully saturated rings. The van der Waals surface area contributed by atoms with Gasteiger partial charge in [-0.05, 0) is 43.5 Å². The zero-order chi connectivity index (χ0) is 23.5. The Bertz CT molecular complexity index is 1310. The fourth-order valence-corrected chi connectivity index (χ4v) is 4.11. The third kappa shape index (κ3) is 4.44. The van der Waals surface area contributed by atoms with Gasteiger partial charge in [-0.25, -0.2) is 24.0 Å². The van der Waals surface area contributed by atoms with Crippen LogP contribution in [0.15, 0.2) is 48.9 Å². The van der Waals surface area contributed by atoms with E-state index in [1.54, 1.807) is 35.1 Å². The summed E-state index contributed by atoms with van der Waals surface area (Å²) in [6.45, 7) is 0.559. The van der Waals surface area contributed by atoms with Gasteiger partial charge in [-0.15, -0.1) is 0 Å². The summed E-state index contributed by atoms with van der Waals surface area (Å²) >= 11 is 0. The number of fused-ring (bicyclic) bond motifs is 1. The van der Waals surface area contributed by atoms with Crippen molar-refractivity contribution in [3.05, 3.63) is 71.8 Å². The van der Waals surface area contributed by atoms with Crippen molar-refractivity contribution in [1.82, 2.24) is 29.7 Å². The molecule has 0 unspecified atom stereocenters. The number of aliphatic hydroxyl groups excluding tert-OH is 1. The van der Waals surface area contributed by atoms with Crippen LogP contribution < -0.4 is 9.64 Å². The number of hydrogen-bond donors (Lipinski definition) is 1. The highest BCUT2D eigenvalue weighted by Crippen LogP contribution is 2.31. The van der Waals surface area contributed by atoms with Gasteiger partial charge in [0.05, 0.1) is 18.8 Å². The standard InChI is InChI=1S/C24H24FN7O2/c1-31(14-22-27-15-28-32(22)17-5-2-4-16(25)12-17)24-19-6-3-7-20(19)29-23(30-24)21-13-18(8-9-26-21)34-11-10-33/h2,4-5,8-9,12-13,15,33H,3,6-7,10-11,14H2,1H3. The van der Waals surface area contributed by atoms with Crippen LogP contribution in [-0.2, 0) is 19.4 Å². The van der Waals surface area contributed by atoms with Gasteiger partial charge in [0, 0.05) is 30.6 Å². The van der Waals surface area contributed by atoms with Crippen LogP contribution in [0.4, 0.5) is 10.2 Å². The first-order chi connectivity index (χ1) is 16.6. The van der Waals surface area contributed by atoms with Crippen molar-refractivity contribution in [3.63, 3.8) is 0 Å². The number of pyridine rings is 1. The molecule has 3 aromatic heterocycles. The Labute approximate surface area is 195 Å². The van der Waals surface area contributed by atoms with Crippen LogP contribution in [0.2, 0.25) is 0 Å². The smallest absolute Gasteiger partial charge is 0.180 e. The second-order valence-electron chi connectivity index (χ2n) is 8.02. The van der Waals surface area contributed by atoms with E-state index in [4.69, 9.17) is 19.8 Å². The predicted molar refractivity (Wildman–Crippen MR) is 123 cm³/mol. The molecule has 4 aromatic rings. The van der Waals surface area contributed by atoms with Crippen LogP contribution in [0.25, 0.3) is 17.2 Å². The number of aromatic nitrogens is 6. The first-order valence-corrected chi connectivity index (χ1v) is 11.1. The van der Waals surface area contributed by atoms with Gasteiger partial charge in [0.2, 0.25) is 0 Å². The van der Waals surface area contributed by atoms with E-state index in [2.05, 4.69) is 15.1 Å². The maximum atomic E-state index is 13.8. The molecule has 1 aliphatic carbocycles. The van der Waals surface area contributed by atoms with E-state index in [1.807, 2.05) is 11.9 Å². The second kappa shape index (κ2) is 9.52. The van der Waals surface area contributed by atoms with Crippen LogP contribution in [0, 0.1) is 5.82 Å². The quantitative estimate of drug-likeness (QED) is 0.427. The lowest BCUT2D eigenvalue weighted by molar-refractivity contribution is 0.201. The molecule has 0 atom stereocenters. The van der Waals surface area contributed by atoms with Gasteiger partial charge in [-0.3, -0.25) is 4.98 Å². The number of benzene rings is 1. The Morgan fingerprint density at radius 2 is 2.06 bits per heavy atom. The number of aliphatic hydroxyl groups is 1. The SMILES string of the molecule is CN(Cc1ncnn1-c1cccc(F)c1)c1nc(-c2cc(OCCO)ccn2)nc2c1CCC2. The minimum Gasteiger partial charge on any atom is -0.491 e. The van der Waals surface area contributed by atoms with E-state index in [-0.39, 0.29) is 19.0 Å². The number of nitrogens with zero attached hydrogens (tertiary/aromatic N) is 7. The summed E-state index contributed by atoms with van der Waals surface area (Å²) in [7, 11) is 1.95. The molecule has 34 heavy (non-hydrogen) atoms. The summed E-state index contributed by atoms with van der Waals surface area (Å²) in [5, 5.41) is 13.3. The van der Waals surface area contributed by atoms with E-state index in [0.717, 1.165) is 36.3 Å². The van der Waals surface area contributed by atoms with Gasteiger partial charge in [0.1, 0.15) is 36.0 Å². The van der Waals surface area contributed by atoms with E-state index in [9.17, 15) is 4.39 Å². The van der Waals surface area contributed by atoms with Crippen molar-refractivity contribution >= 4 is 5.82 Å². The Morgan fingerprint density at radius 3 is 2.91 bits per heavy atom. The molecule has 1 aromatic carbocycles. The minimum atomic E-state index is -0.330. The molecule has 9 nitrogen and oxygen atoms in total. The monoisotopic (exact) mass is 461 g/mol. The molecule has 10 heteroatoms. The Kier molecular flexibility index (Phi) is 6.13. The van der Waals surface area contributed by atoms with Gasteiger partial charge in [0.15, 0.2) is 11.6 Å². The molecule has 3 heterocycles. The van der Waals surface area contributed by atoms with Crippen molar-refractivity contribution in [2.75, 3.05) is 25.2 Å². The number of ether oxygens (including phenoxy) is 1. The van der Waals surface area contributed by atoms with E-state index in [1.165, 1.54) is 18.5 Å². The van der Waals surface area contributed by atoms with Crippen molar-refractivity contribution < 1.29 is 14.2 Å². The predicted octanol–water partition coefficient (Wildman–Crippen LogP) is 2.75. The number of aryl methyl sites for hydroxylation is 1. The Balaban J connectivity index is 1.47. The van der Waals surface area contributed by atoms with Gasteiger partial charge >= 0.3 is 0 Å². The minimum absolute atomic E-state index is 0.0673. The Morgan fingerprint density at radius 1 is 1.15 bits per heavy atom. The summed E-state index contributed by atoms with van der Waals surface area (Å²) in [6, 6.07) is 9.77. The molecule has 0 aliphatic heterocycles. The lowest BCUT2D eigenvalue weighted by Gasteiger charge is -2.21. The van der Waals surface area contributed by atoms with Gasteiger partial charge < -0.3 is 14.7 Å². The van der Waals surface area contributed by atoms with E-state index in [0.29, 0.717) is 35.3 Å². The van der Waals surface area contributed by atoms with Gasteiger partial charge in [-0.1, -0.05) is 6.07 Å². The van der Waals surface area contributed by atoms with Crippen molar-refractivity contribution in [2.45, 2.75) is 25.8 Å². The molecule has 0 bridgehead atoms. The van der Waals surface area contributed by atoms with Crippen LogP contribution in [0.5, 0.6) is 5.75 Å². The van der Waals surface area contributed by atoms with E-state index >= 15 is 0 Å². The molecule has 1 aliphatic rings. The first-order valence-electron chi connectivity index (χ1n) is 11.1. The topological polar surface area (TPSA) is 102 Å². The van der Waals surface area contributed by atoms with Crippen molar-refractivity contribution in [1.29, 1.82) is 0 Å². The normalized spacial score (nSPS) is 12.6. The highest BCUT2D eigenvalue weighted by atomic mass is 19.1. The summed E-state index contributed by atoms with van der Waals surface area (Å²) in [5.41, 5.74) is 3.35. The average molecular weight is 462 g/mol. The molecular formula is C24H24FN7O2. The molecule has 5 rings (SSSR count). The molecule has 174 valence electrons. The van der Waals surface area contributed by atoms with Crippen molar-refractivity contribution in [2.24, 2.45) is 0 Å². The van der Waals surface area contributed by atoms with E-state index < -0.39 is 0 Å². The third-order valence-corrected chi connectivity index (χ3v) is 5.64. The molecule has 0 saturated carbocycles. The molecule has 0 saturated heterocycles. The summed E-state index contributed by atoms with van der Waals surface area (Å²) in [6.07, 6.45) is 5.90. The largest absolute Gasteiger partial charge is 0.491 e. The van der Waals surface area contributed by atoms with Crippen LogP contribution in [-0.4, -0.2) is 55.1 Å². The third-order valence-electron chi connectivity index (χ3n) is 5.64. The zero-order valence-electron chi connectivity index (χ0n) is 18.7. The Hall–Kier alpha value is -3.92. The molecular weight excluding hydrogens is 437 g/mol. The summed E-state index contributed by atoms with van der Waals surface area (Å²) in [5.74, 6) is 2.26. The summed E-state index contributed by atoms with van der Waals surface area (Å²) in [4.78, 5) is 20.5. The van der Waals surface area contributed by atoms with Gasteiger partial charge in [0.25, 0.3) is 0 Å². The molecule has 0 radical (unpaired) electrons. The molecule has 0 spiro atoms. The average Bonchev–Trinajstić information content (AvgIpc) is 3.51. The van der Waals surface area contributed by atoms with Crippen LogP contribution in [0.3, 0.4) is 0 Å². The number of anilines is 1. The summed E-state index contributed by atoms with van der Waals surface area (Å²) < 4.78 is 20.9. The zero-order valence-corrected chi connectivity index (χ0v) is 18.7. The maximum Gasteiger partial charge on any atom is 0.180 e. The lowest BCUT2D eigenvalue weighted by atomic mass is 10.2. The number of hydrogen-bond acceptors (Lipinski definition) is 8. The van der Waals surface area contributed by atoms with Crippen molar-refractivity contribution in [3.8, 4) is 23.0 Å². The first kappa shape index (κ1) is 21.9. The highest BCUT2D eigenvalue weighted by molar-refractivity contribution is 5.59. The maximum absolute atomic E-state index is 13.8. The second-order valence-corrected chi connectivity index (χ2v) is 8.02.